The molecule has 1 N–H and O–H groups in total. The Balaban J connectivity index is 1.62. The van der Waals surface area contributed by atoms with Gasteiger partial charge in [-0.1, -0.05) is 0 Å². The fourth-order valence-electron chi connectivity index (χ4n) is 3.86. The molecule has 0 unspecified atom stereocenters. The molecule has 0 aliphatic carbocycles. The lowest BCUT2D eigenvalue weighted by Crippen LogP contribution is -2.41. The summed E-state index contributed by atoms with van der Waals surface area (Å²) in [5.41, 5.74) is -0.519. The largest absolute Gasteiger partial charge is 0.438 e. The lowest BCUT2D eigenvalue weighted by Gasteiger charge is -2.32. The molecule has 1 atom stereocenters. The SMILES string of the molecule is CC(C)(C#N)c1nc(C(F)F)c(C(=O)N2CCc3[nH]cnc3[C@H]2c2nc3cc(F)ccc3o2)o1. The van der Waals surface area contributed by atoms with Crippen LogP contribution >= 0.6 is 0 Å². The van der Waals surface area contributed by atoms with Gasteiger partial charge in [-0.2, -0.15) is 5.26 Å². The van der Waals surface area contributed by atoms with Crippen LogP contribution in [0, 0.1) is 17.1 Å². The third-order valence-corrected chi connectivity index (χ3v) is 5.65. The lowest BCUT2D eigenvalue weighted by molar-refractivity contribution is 0.0617. The maximum absolute atomic E-state index is 13.8. The first-order chi connectivity index (χ1) is 16.2. The zero-order valence-electron chi connectivity index (χ0n) is 18.0. The Bertz CT molecular complexity index is 1450. The zero-order chi connectivity index (χ0) is 24.2. The summed E-state index contributed by atoms with van der Waals surface area (Å²) in [4.78, 5) is 30.2. The van der Waals surface area contributed by atoms with E-state index in [0.717, 1.165) is 5.69 Å². The van der Waals surface area contributed by atoms with E-state index in [2.05, 4.69) is 19.9 Å². The Morgan fingerprint density at radius 2 is 2.12 bits per heavy atom. The molecular formula is C22H17F3N6O3. The van der Waals surface area contributed by atoms with Crippen LogP contribution in [-0.4, -0.2) is 37.3 Å². The van der Waals surface area contributed by atoms with Crippen LogP contribution in [0.3, 0.4) is 0 Å². The molecule has 34 heavy (non-hydrogen) atoms. The highest BCUT2D eigenvalue weighted by atomic mass is 19.3. The first-order valence-corrected chi connectivity index (χ1v) is 10.3. The molecule has 0 spiro atoms. The van der Waals surface area contributed by atoms with Gasteiger partial charge in [0.2, 0.25) is 17.5 Å². The van der Waals surface area contributed by atoms with E-state index in [9.17, 15) is 23.2 Å². The molecule has 9 nitrogen and oxygen atoms in total. The van der Waals surface area contributed by atoms with E-state index in [0.29, 0.717) is 12.1 Å². The van der Waals surface area contributed by atoms with Crippen LogP contribution in [0.4, 0.5) is 13.2 Å². The van der Waals surface area contributed by atoms with Gasteiger partial charge in [-0.15, -0.1) is 0 Å². The number of amides is 1. The van der Waals surface area contributed by atoms with Crippen LogP contribution in [0.15, 0.2) is 33.4 Å². The molecule has 5 rings (SSSR count). The van der Waals surface area contributed by atoms with Crippen molar-refractivity contribution in [2.75, 3.05) is 6.54 Å². The van der Waals surface area contributed by atoms with E-state index in [1.165, 1.54) is 43.3 Å². The van der Waals surface area contributed by atoms with Gasteiger partial charge in [0.25, 0.3) is 12.3 Å². The number of H-pyrrole nitrogens is 1. The monoisotopic (exact) mass is 470 g/mol. The average molecular weight is 470 g/mol. The maximum Gasteiger partial charge on any atom is 0.292 e. The van der Waals surface area contributed by atoms with Crippen molar-refractivity contribution in [3.05, 3.63) is 65.0 Å². The summed E-state index contributed by atoms with van der Waals surface area (Å²) in [6.07, 6.45) is -1.30. The number of fused-ring (bicyclic) bond motifs is 2. The van der Waals surface area contributed by atoms with E-state index in [1.807, 2.05) is 6.07 Å². The minimum absolute atomic E-state index is 0.0395. The third-order valence-electron chi connectivity index (χ3n) is 5.65. The second-order valence-electron chi connectivity index (χ2n) is 8.35. The molecule has 1 aromatic carbocycles. The van der Waals surface area contributed by atoms with Crippen molar-refractivity contribution in [3.63, 3.8) is 0 Å². The standard InChI is InChI=1S/C22H17F3N6O3/c1-22(2,8-26)21-30-15(18(24)25)17(34-21)20(32)31-6-5-11-14(28-9-27-11)16(31)19-29-12-7-10(23)3-4-13(12)33-19/h3-4,7,9,16,18H,5-6H2,1-2H3,(H,27,28)/t16-/m0/s1. The molecule has 1 amide bonds. The van der Waals surface area contributed by atoms with Crippen LogP contribution in [0.25, 0.3) is 11.1 Å². The van der Waals surface area contributed by atoms with Crippen LogP contribution in [-0.2, 0) is 11.8 Å². The molecule has 0 radical (unpaired) electrons. The number of benzene rings is 1. The number of hydrogen-bond donors (Lipinski definition) is 1. The molecule has 12 heteroatoms. The van der Waals surface area contributed by atoms with E-state index in [-0.39, 0.29) is 29.4 Å². The summed E-state index contributed by atoms with van der Waals surface area (Å²) >= 11 is 0. The second kappa shape index (κ2) is 7.72. The number of halogens is 3. The lowest BCUT2D eigenvalue weighted by atomic mass is 9.96. The number of nitriles is 1. The maximum atomic E-state index is 13.8. The Labute approximate surface area is 190 Å². The fourth-order valence-corrected chi connectivity index (χ4v) is 3.86. The molecule has 1 aliphatic heterocycles. The van der Waals surface area contributed by atoms with Crippen molar-refractivity contribution in [2.24, 2.45) is 0 Å². The van der Waals surface area contributed by atoms with Crippen molar-refractivity contribution in [3.8, 4) is 6.07 Å². The third kappa shape index (κ3) is 3.40. The Hall–Kier alpha value is -4.14. The molecule has 1 aliphatic rings. The topological polar surface area (TPSA) is 125 Å². The first-order valence-electron chi connectivity index (χ1n) is 10.3. The Morgan fingerprint density at radius 1 is 1.32 bits per heavy atom. The number of nitrogens with zero attached hydrogens (tertiary/aromatic N) is 5. The zero-order valence-corrected chi connectivity index (χ0v) is 18.0. The van der Waals surface area contributed by atoms with Crippen molar-refractivity contribution in [1.29, 1.82) is 5.26 Å². The molecule has 4 heterocycles. The number of aromatic amines is 1. The van der Waals surface area contributed by atoms with Gasteiger partial charge in [0.05, 0.1) is 18.1 Å². The van der Waals surface area contributed by atoms with Crippen LogP contribution in [0.2, 0.25) is 0 Å². The molecule has 174 valence electrons. The molecule has 0 saturated heterocycles. The summed E-state index contributed by atoms with van der Waals surface area (Å²) in [7, 11) is 0. The Kier molecular flexibility index (Phi) is 4.93. The average Bonchev–Trinajstić information content (AvgIpc) is 3.55. The number of hydrogen-bond acceptors (Lipinski definition) is 7. The quantitative estimate of drug-likeness (QED) is 0.474. The number of alkyl halides is 2. The molecule has 0 saturated carbocycles. The predicted octanol–water partition coefficient (Wildman–Crippen LogP) is 4.20. The highest BCUT2D eigenvalue weighted by Crippen LogP contribution is 2.37. The van der Waals surface area contributed by atoms with Crippen molar-refractivity contribution < 1.29 is 26.8 Å². The van der Waals surface area contributed by atoms with Gasteiger partial charge in [-0.25, -0.2) is 28.1 Å². The fraction of sp³-hybridized carbons (Fsp3) is 0.318. The normalized spacial score (nSPS) is 16.1. The summed E-state index contributed by atoms with van der Waals surface area (Å²) in [5, 5.41) is 9.35. The summed E-state index contributed by atoms with van der Waals surface area (Å²) in [6.45, 7) is 2.99. The highest BCUT2D eigenvalue weighted by molar-refractivity contribution is 5.93. The van der Waals surface area contributed by atoms with E-state index in [1.54, 1.807) is 0 Å². The van der Waals surface area contributed by atoms with E-state index >= 15 is 0 Å². The van der Waals surface area contributed by atoms with Crippen molar-refractivity contribution >= 4 is 17.0 Å². The van der Waals surface area contributed by atoms with Gasteiger partial charge < -0.3 is 18.7 Å². The number of imidazole rings is 1. The molecular weight excluding hydrogens is 453 g/mol. The molecule has 3 aromatic heterocycles. The van der Waals surface area contributed by atoms with Gasteiger partial charge in [-0.3, -0.25) is 4.79 Å². The minimum Gasteiger partial charge on any atom is -0.438 e. The number of oxazole rings is 2. The van der Waals surface area contributed by atoms with Crippen molar-refractivity contribution in [1.82, 2.24) is 24.8 Å². The Morgan fingerprint density at radius 3 is 2.85 bits per heavy atom. The number of rotatable bonds is 4. The second-order valence-corrected chi connectivity index (χ2v) is 8.35. The van der Waals surface area contributed by atoms with Crippen LogP contribution in [0.5, 0.6) is 0 Å². The number of aromatic nitrogens is 4. The summed E-state index contributed by atoms with van der Waals surface area (Å²) in [5.74, 6) is -2.31. The predicted molar refractivity (Wildman–Crippen MR) is 109 cm³/mol. The van der Waals surface area contributed by atoms with Gasteiger partial charge >= 0.3 is 0 Å². The van der Waals surface area contributed by atoms with Gasteiger partial charge in [0, 0.05) is 24.7 Å². The molecule has 0 bridgehead atoms. The van der Waals surface area contributed by atoms with Crippen LogP contribution in [0.1, 0.15) is 65.7 Å². The summed E-state index contributed by atoms with van der Waals surface area (Å²) < 4.78 is 52.5. The number of carbonyl (C=O) groups is 1. The number of carbonyl (C=O) groups excluding carboxylic acids is 1. The van der Waals surface area contributed by atoms with E-state index < -0.39 is 41.1 Å². The summed E-state index contributed by atoms with van der Waals surface area (Å²) in [6, 6.07) is 4.74. The molecule has 0 fully saturated rings. The van der Waals surface area contributed by atoms with Gasteiger partial charge in [0.15, 0.2) is 17.3 Å². The smallest absolute Gasteiger partial charge is 0.292 e. The van der Waals surface area contributed by atoms with Crippen LogP contribution < -0.4 is 0 Å². The molecule has 4 aromatic rings. The minimum atomic E-state index is -3.11. The van der Waals surface area contributed by atoms with Gasteiger partial charge in [-0.05, 0) is 26.0 Å². The first kappa shape index (κ1) is 21.7. The van der Waals surface area contributed by atoms with Crippen molar-refractivity contribution in [2.45, 2.75) is 38.2 Å². The van der Waals surface area contributed by atoms with E-state index in [4.69, 9.17) is 8.83 Å². The van der Waals surface area contributed by atoms with Gasteiger partial charge in [0.1, 0.15) is 16.7 Å². The number of nitrogens with one attached hydrogen (secondary N) is 1. The highest BCUT2D eigenvalue weighted by Gasteiger charge is 2.42.